The predicted octanol–water partition coefficient (Wildman–Crippen LogP) is 2.30. The zero-order valence-electron chi connectivity index (χ0n) is 7.46. The van der Waals surface area contributed by atoms with E-state index >= 15 is 0 Å². The molecule has 2 nitrogen and oxygen atoms in total. The molecule has 1 N–H and O–H groups in total. The highest BCUT2D eigenvalue weighted by Crippen LogP contribution is 2.10. The number of alkyl halides is 1. The van der Waals surface area contributed by atoms with Crippen molar-refractivity contribution in [3.05, 3.63) is 35.9 Å². The standard InChI is InChI=1S/C10H12INO/c1-8(12-10(13)7-11)9-5-3-2-4-6-9/h2-6,8H,7H2,1H3,(H,12,13). The number of rotatable bonds is 3. The number of benzene rings is 1. The Morgan fingerprint density at radius 3 is 2.62 bits per heavy atom. The lowest BCUT2D eigenvalue weighted by atomic mass is 10.1. The largest absolute Gasteiger partial charge is 0.349 e. The Hall–Kier alpha value is -0.580. The second-order valence-corrected chi connectivity index (χ2v) is 3.60. The molecule has 0 spiro atoms. The van der Waals surface area contributed by atoms with Crippen molar-refractivity contribution in [3.63, 3.8) is 0 Å². The zero-order chi connectivity index (χ0) is 9.68. The summed E-state index contributed by atoms with van der Waals surface area (Å²) in [6.45, 7) is 1.99. The third kappa shape index (κ3) is 3.34. The predicted molar refractivity (Wildman–Crippen MR) is 61.9 cm³/mol. The van der Waals surface area contributed by atoms with E-state index in [2.05, 4.69) is 27.9 Å². The van der Waals surface area contributed by atoms with Crippen molar-refractivity contribution < 1.29 is 4.79 Å². The maximum absolute atomic E-state index is 11.1. The van der Waals surface area contributed by atoms with Crippen LogP contribution in [0, 0.1) is 0 Å². The highest BCUT2D eigenvalue weighted by atomic mass is 127. The molecular weight excluding hydrogens is 277 g/mol. The summed E-state index contributed by atoms with van der Waals surface area (Å²) in [6, 6.07) is 10.0. The second kappa shape index (κ2) is 5.21. The minimum atomic E-state index is 0.0805. The average molecular weight is 289 g/mol. The highest BCUT2D eigenvalue weighted by molar-refractivity contribution is 14.1. The van der Waals surface area contributed by atoms with Crippen molar-refractivity contribution in [3.8, 4) is 0 Å². The van der Waals surface area contributed by atoms with Crippen LogP contribution < -0.4 is 5.32 Å². The Labute approximate surface area is 91.9 Å². The van der Waals surface area contributed by atoms with Crippen LogP contribution in [0.4, 0.5) is 0 Å². The van der Waals surface area contributed by atoms with Crippen LogP contribution in [0.5, 0.6) is 0 Å². The maximum Gasteiger partial charge on any atom is 0.230 e. The van der Waals surface area contributed by atoms with Gasteiger partial charge in [-0.25, -0.2) is 0 Å². The molecule has 0 fully saturated rings. The first kappa shape index (κ1) is 10.5. The van der Waals surface area contributed by atoms with E-state index in [1.807, 2.05) is 37.3 Å². The molecule has 1 unspecified atom stereocenters. The fraction of sp³-hybridized carbons (Fsp3) is 0.300. The summed E-state index contributed by atoms with van der Waals surface area (Å²) in [7, 11) is 0. The first-order valence-electron chi connectivity index (χ1n) is 4.14. The topological polar surface area (TPSA) is 29.1 Å². The van der Waals surface area contributed by atoms with Crippen molar-refractivity contribution in [1.29, 1.82) is 0 Å². The van der Waals surface area contributed by atoms with Gasteiger partial charge in [-0.15, -0.1) is 0 Å². The Bertz CT molecular complexity index is 274. The van der Waals surface area contributed by atoms with E-state index in [1.54, 1.807) is 0 Å². The molecule has 1 atom stereocenters. The summed E-state index contributed by atoms with van der Waals surface area (Å²) >= 11 is 2.05. The van der Waals surface area contributed by atoms with E-state index in [0.29, 0.717) is 4.43 Å². The summed E-state index contributed by atoms with van der Waals surface area (Å²) in [5.74, 6) is 0.0805. The van der Waals surface area contributed by atoms with Gasteiger partial charge < -0.3 is 5.32 Å². The summed E-state index contributed by atoms with van der Waals surface area (Å²) in [4.78, 5) is 11.1. The van der Waals surface area contributed by atoms with Crippen LogP contribution in [0.2, 0.25) is 0 Å². The summed E-state index contributed by atoms with van der Waals surface area (Å²) in [6.07, 6.45) is 0. The number of hydrogen-bond acceptors (Lipinski definition) is 1. The molecule has 0 aliphatic heterocycles. The van der Waals surface area contributed by atoms with Gasteiger partial charge in [-0.2, -0.15) is 0 Å². The highest BCUT2D eigenvalue weighted by Gasteiger charge is 2.06. The molecule has 1 amide bonds. The van der Waals surface area contributed by atoms with E-state index in [0.717, 1.165) is 5.56 Å². The lowest BCUT2D eigenvalue weighted by Crippen LogP contribution is -2.27. The third-order valence-corrected chi connectivity index (χ3v) is 2.49. The molecular formula is C10H12INO. The van der Waals surface area contributed by atoms with E-state index in [1.165, 1.54) is 0 Å². The van der Waals surface area contributed by atoms with Gasteiger partial charge in [0.1, 0.15) is 0 Å². The van der Waals surface area contributed by atoms with Crippen LogP contribution in [0.15, 0.2) is 30.3 Å². The number of amides is 1. The van der Waals surface area contributed by atoms with Crippen molar-refractivity contribution in [2.75, 3.05) is 4.43 Å². The molecule has 1 rings (SSSR count). The number of nitrogens with one attached hydrogen (secondary N) is 1. The molecule has 1 aromatic carbocycles. The van der Waals surface area contributed by atoms with E-state index in [4.69, 9.17) is 0 Å². The normalized spacial score (nSPS) is 12.2. The van der Waals surface area contributed by atoms with Crippen molar-refractivity contribution in [2.24, 2.45) is 0 Å². The van der Waals surface area contributed by atoms with Gasteiger partial charge >= 0.3 is 0 Å². The number of halogens is 1. The molecule has 0 heterocycles. The Morgan fingerprint density at radius 1 is 1.46 bits per heavy atom. The van der Waals surface area contributed by atoms with Gasteiger partial charge in [0.15, 0.2) is 0 Å². The summed E-state index contributed by atoms with van der Waals surface area (Å²) < 4.78 is 0.509. The lowest BCUT2D eigenvalue weighted by Gasteiger charge is -2.12. The minimum Gasteiger partial charge on any atom is -0.349 e. The zero-order valence-corrected chi connectivity index (χ0v) is 9.61. The van der Waals surface area contributed by atoms with Crippen LogP contribution in [0.25, 0.3) is 0 Å². The molecule has 3 heteroatoms. The van der Waals surface area contributed by atoms with Gasteiger partial charge in [-0.05, 0) is 12.5 Å². The molecule has 13 heavy (non-hydrogen) atoms. The number of carbonyl (C=O) groups is 1. The quantitative estimate of drug-likeness (QED) is 0.671. The second-order valence-electron chi connectivity index (χ2n) is 2.83. The van der Waals surface area contributed by atoms with E-state index < -0.39 is 0 Å². The molecule has 1 aromatic rings. The number of hydrogen-bond donors (Lipinski definition) is 1. The molecule has 0 saturated carbocycles. The molecule has 0 aliphatic rings. The van der Waals surface area contributed by atoms with Gasteiger partial charge in [0.25, 0.3) is 0 Å². The van der Waals surface area contributed by atoms with Crippen molar-refractivity contribution in [1.82, 2.24) is 5.32 Å². The van der Waals surface area contributed by atoms with Gasteiger partial charge in [0.2, 0.25) is 5.91 Å². The average Bonchev–Trinajstić information content (AvgIpc) is 2.19. The SMILES string of the molecule is CC(NC(=O)CI)c1ccccc1. The van der Waals surface area contributed by atoms with Crippen LogP contribution in [0.1, 0.15) is 18.5 Å². The molecule has 0 bridgehead atoms. The Balaban J connectivity index is 2.59. The fourth-order valence-corrected chi connectivity index (χ4v) is 1.33. The molecule has 0 radical (unpaired) electrons. The van der Waals surface area contributed by atoms with Gasteiger partial charge in [0, 0.05) is 0 Å². The van der Waals surface area contributed by atoms with E-state index in [9.17, 15) is 4.79 Å². The van der Waals surface area contributed by atoms with Crippen molar-refractivity contribution in [2.45, 2.75) is 13.0 Å². The number of carbonyl (C=O) groups excluding carboxylic acids is 1. The maximum atomic E-state index is 11.1. The summed E-state index contributed by atoms with van der Waals surface area (Å²) in [5.41, 5.74) is 1.14. The Morgan fingerprint density at radius 2 is 2.08 bits per heavy atom. The van der Waals surface area contributed by atoms with Crippen molar-refractivity contribution >= 4 is 28.5 Å². The first-order chi connectivity index (χ1) is 6.24. The molecule has 0 saturated heterocycles. The molecule has 0 aromatic heterocycles. The molecule has 70 valence electrons. The minimum absolute atomic E-state index is 0.0805. The monoisotopic (exact) mass is 289 g/mol. The Kier molecular flexibility index (Phi) is 4.21. The van der Waals surface area contributed by atoms with Gasteiger partial charge in [0.05, 0.1) is 10.5 Å². The van der Waals surface area contributed by atoms with Gasteiger partial charge in [-0.3, -0.25) is 4.79 Å². The fourth-order valence-electron chi connectivity index (χ4n) is 1.11. The molecule has 0 aliphatic carbocycles. The van der Waals surface area contributed by atoms with E-state index in [-0.39, 0.29) is 11.9 Å². The summed E-state index contributed by atoms with van der Waals surface area (Å²) in [5, 5.41) is 2.90. The first-order valence-corrected chi connectivity index (χ1v) is 5.67. The lowest BCUT2D eigenvalue weighted by molar-refractivity contribution is -0.118. The van der Waals surface area contributed by atoms with Crippen LogP contribution >= 0.6 is 22.6 Å². The van der Waals surface area contributed by atoms with Gasteiger partial charge in [-0.1, -0.05) is 52.9 Å². The van der Waals surface area contributed by atoms with Crippen LogP contribution in [-0.4, -0.2) is 10.3 Å². The van der Waals surface area contributed by atoms with Crippen LogP contribution in [-0.2, 0) is 4.79 Å². The smallest absolute Gasteiger partial charge is 0.230 e. The third-order valence-electron chi connectivity index (χ3n) is 1.80. The van der Waals surface area contributed by atoms with Crippen LogP contribution in [0.3, 0.4) is 0 Å².